The summed E-state index contributed by atoms with van der Waals surface area (Å²) >= 11 is 0. The molecular weight excluding hydrogens is 316 g/mol. The number of esters is 2. The third kappa shape index (κ3) is 5.05. The maximum Gasteiger partial charge on any atom is 0.306 e. The molecule has 0 N–H and O–H groups in total. The predicted octanol–water partition coefficient (Wildman–Crippen LogP) is 4.67. The molecule has 134 valence electrons. The van der Waals surface area contributed by atoms with E-state index >= 15 is 0 Å². The van der Waals surface area contributed by atoms with E-state index in [9.17, 15) is 9.59 Å². The van der Waals surface area contributed by atoms with Crippen molar-refractivity contribution >= 4 is 22.7 Å². The van der Waals surface area contributed by atoms with Crippen LogP contribution in [0.25, 0.3) is 10.8 Å². The highest BCUT2D eigenvalue weighted by molar-refractivity contribution is 5.86. The summed E-state index contributed by atoms with van der Waals surface area (Å²) in [6, 6.07) is 14.0. The number of rotatable bonds is 7. The summed E-state index contributed by atoms with van der Waals surface area (Å²) in [6.45, 7) is 5.87. The van der Waals surface area contributed by atoms with Gasteiger partial charge >= 0.3 is 11.9 Å². The number of methoxy groups -OCH3 is 1. The maximum absolute atomic E-state index is 12.4. The molecule has 0 saturated heterocycles. The third-order valence-corrected chi connectivity index (χ3v) is 4.60. The SMILES string of the molecule is COC(=O)CC(CC(=O)OC(C)c1cccc2ccccc12)C(C)C. The van der Waals surface area contributed by atoms with E-state index in [0.717, 1.165) is 16.3 Å². The quantitative estimate of drug-likeness (QED) is 0.686. The van der Waals surface area contributed by atoms with Gasteiger partial charge in [0.1, 0.15) is 6.10 Å². The van der Waals surface area contributed by atoms with Crippen molar-refractivity contribution in [2.75, 3.05) is 7.11 Å². The van der Waals surface area contributed by atoms with Crippen LogP contribution in [0, 0.1) is 11.8 Å². The Morgan fingerprint density at radius 1 is 0.920 bits per heavy atom. The molecule has 2 unspecified atom stereocenters. The predicted molar refractivity (Wildman–Crippen MR) is 98.0 cm³/mol. The molecule has 0 aromatic heterocycles. The molecule has 0 bridgehead atoms. The lowest BCUT2D eigenvalue weighted by atomic mass is 9.89. The molecule has 0 radical (unpaired) electrons. The van der Waals surface area contributed by atoms with Crippen molar-refractivity contribution in [2.45, 2.75) is 39.7 Å². The second-order valence-corrected chi connectivity index (χ2v) is 6.69. The first-order valence-corrected chi connectivity index (χ1v) is 8.66. The van der Waals surface area contributed by atoms with Crippen molar-refractivity contribution in [3.05, 3.63) is 48.0 Å². The maximum atomic E-state index is 12.4. The fourth-order valence-electron chi connectivity index (χ4n) is 2.97. The second-order valence-electron chi connectivity index (χ2n) is 6.69. The summed E-state index contributed by atoms with van der Waals surface area (Å²) in [5, 5.41) is 2.20. The van der Waals surface area contributed by atoms with Crippen molar-refractivity contribution in [2.24, 2.45) is 11.8 Å². The molecule has 2 aromatic rings. The van der Waals surface area contributed by atoms with Crippen LogP contribution in [0.3, 0.4) is 0 Å². The number of hydrogen-bond donors (Lipinski definition) is 0. The average Bonchev–Trinajstić information content (AvgIpc) is 2.60. The van der Waals surface area contributed by atoms with Crippen molar-refractivity contribution < 1.29 is 19.1 Å². The standard InChI is InChI=1S/C21H26O4/c1-14(2)17(12-20(22)24-4)13-21(23)25-15(3)18-11-7-9-16-8-5-6-10-19(16)18/h5-11,14-15,17H,12-13H2,1-4H3. The van der Waals surface area contributed by atoms with Gasteiger partial charge in [-0.2, -0.15) is 0 Å². The van der Waals surface area contributed by atoms with Gasteiger partial charge in [-0.3, -0.25) is 9.59 Å². The Kier molecular flexibility index (Phi) is 6.57. The van der Waals surface area contributed by atoms with Gasteiger partial charge in [-0.1, -0.05) is 56.3 Å². The zero-order chi connectivity index (χ0) is 18.4. The van der Waals surface area contributed by atoms with Gasteiger partial charge in [0.05, 0.1) is 7.11 Å². The molecule has 0 aliphatic heterocycles. The highest BCUT2D eigenvalue weighted by Crippen LogP contribution is 2.28. The Morgan fingerprint density at radius 2 is 1.56 bits per heavy atom. The molecule has 0 fully saturated rings. The topological polar surface area (TPSA) is 52.6 Å². The van der Waals surface area contributed by atoms with Crippen LogP contribution < -0.4 is 0 Å². The van der Waals surface area contributed by atoms with Gasteiger partial charge < -0.3 is 9.47 Å². The normalized spacial score (nSPS) is 13.5. The number of fused-ring (bicyclic) bond motifs is 1. The van der Waals surface area contributed by atoms with Gasteiger partial charge in [0, 0.05) is 12.8 Å². The molecule has 2 rings (SSSR count). The lowest BCUT2D eigenvalue weighted by Crippen LogP contribution is -2.21. The van der Waals surface area contributed by atoms with E-state index in [1.54, 1.807) is 0 Å². The summed E-state index contributed by atoms with van der Waals surface area (Å²) in [5.74, 6) is -0.476. The Balaban J connectivity index is 2.07. The van der Waals surface area contributed by atoms with E-state index in [-0.39, 0.29) is 42.7 Å². The lowest BCUT2D eigenvalue weighted by molar-refractivity contribution is -0.151. The molecule has 4 nitrogen and oxygen atoms in total. The van der Waals surface area contributed by atoms with Crippen molar-refractivity contribution in [3.8, 4) is 0 Å². The molecule has 2 atom stereocenters. The first-order valence-electron chi connectivity index (χ1n) is 8.66. The number of ether oxygens (including phenoxy) is 2. The van der Waals surface area contributed by atoms with Crippen LogP contribution in [0.5, 0.6) is 0 Å². The molecule has 0 saturated carbocycles. The van der Waals surface area contributed by atoms with E-state index in [1.807, 2.05) is 63.2 Å². The van der Waals surface area contributed by atoms with E-state index < -0.39 is 0 Å². The Hall–Kier alpha value is -2.36. The van der Waals surface area contributed by atoms with Crippen LogP contribution >= 0.6 is 0 Å². The van der Waals surface area contributed by atoms with E-state index in [0.29, 0.717) is 0 Å². The highest BCUT2D eigenvalue weighted by atomic mass is 16.5. The first kappa shape index (κ1) is 19.0. The third-order valence-electron chi connectivity index (χ3n) is 4.60. The lowest BCUT2D eigenvalue weighted by Gasteiger charge is -2.21. The van der Waals surface area contributed by atoms with E-state index in [1.165, 1.54) is 7.11 Å². The van der Waals surface area contributed by atoms with Crippen LogP contribution in [0.4, 0.5) is 0 Å². The summed E-state index contributed by atoms with van der Waals surface area (Å²) in [7, 11) is 1.36. The summed E-state index contributed by atoms with van der Waals surface area (Å²) in [6.07, 6.45) is 0.0953. The van der Waals surface area contributed by atoms with Gasteiger partial charge in [0.25, 0.3) is 0 Å². The number of hydrogen-bond acceptors (Lipinski definition) is 4. The minimum atomic E-state index is -0.343. The van der Waals surface area contributed by atoms with Crippen molar-refractivity contribution in [3.63, 3.8) is 0 Å². The molecule has 0 aliphatic rings. The van der Waals surface area contributed by atoms with E-state index in [4.69, 9.17) is 9.47 Å². The van der Waals surface area contributed by atoms with E-state index in [2.05, 4.69) is 0 Å². The molecule has 25 heavy (non-hydrogen) atoms. The largest absolute Gasteiger partial charge is 0.469 e. The summed E-state index contributed by atoms with van der Waals surface area (Å²) in [5.41, 5.74) is 0.987. The van der Waals surface area contributed by atoms with Crippen LogP contribution in [-0.4, -0.2) is 19.0 Å². The number of benzene rings is 2. The van der Waals surface area contributed by atoms with Gasteiger partial charge in [-0.25, -0.2) is 0 Å². The molecule has 4 heteroatoms. The molecular formula is C21H26O4. The summed E-state index contributed by atoms with van der Waals surface area (Å²) < 4.78 is 10.4. The minimum Gasteiger partial charge on any atom is -0.469 e. The smallest absolute Gasteiger partial charge is 0.306 e. The molecule has 2 aromatic carbocycles. The van der Waals surface area contributed by atoms with Gasteiger partial charge in [0.15, 0.2) is 0 Å². The molecule has 0 spiro atoms. The minimum absolute atomic E-state index is 0.0836. The molecule has 0 heterocycles. The zero-order valence-electron chi connectivity index (χ0n) is 15.3. The Bertz CT molecular complexity index is 730. The molecule has 0 amide bonds. The van der Waals surface area contributed by atoms with Crippen LogP contribution in [-0.2, 0) is 19.1 Å². The first-order chi connectivity index (χ1) is 11.9. The highest BCUT2D eigenvalue weighted by Gasteiger charge is 2.23. The Labute approximate surface area is 149 Å². The monoisotopic (exact) mass is 342 g/mol. The van der Waals surface area contributed by atoms with Crippen LogP contribution in [0.2, 0.25) is 0 Å². The van der Waals surface area contributed by atoms with Gasteiger partial charge in [-0.15, -0.1) is 0 Å². The van der Waals surface area contributed by atoms with Gasteiger partial charge in [0.2, 0.25) is 0 Å². The zero-order valence-corrected chi connectivity index (χ0v) is 15.3. The number of carbonyl (C=O) groups is 2. The van der Waals surface area contributed by atoms with Gasteiger partial charge in [-0.05, 0) is 35.1 Å². The van der Waals surface area contributed by atoms with Crippen molar-refractivity contribution in [1.29, 1.82) is 0 Å². The van der Waals surface area contributed by atoms with Crippen LogP contribution in [0.1, 0.15) is 45.3 Å². The van der Waals surface area contributed by atoms with Crippen molar-refractivity contribution in [1.82, 2.24) is 0 Å². The Morgan fingerprint density at radius 3 is 2.24 bits per heavy atom. The fourth-order valence-corrected chi connectivity index (χ4v) is 2.97. The summed E-state index contributed by atoms with van der Waals surface area (Å²) in [4.78, 5) is 23.9. The second kappa shape index (κ2) is 8.65. The number of carbonyl (C=O) groups excluding carboxylic acids is 2. The fraction of sp³-hybridized carbons (Fsp3) is 0.429. The average molecular weight is 342 g/mol. The molecule has 0 aliphatic carbocycles. The van der Waals surface area contributed by atoms with Crippen LogP contribution in [0.15, 0.2) is 42.5 Å².